The molecule has 0 saturated heterocycles. The van der Waals surface area contributed by atoms with Gasteiger partial charge >= 0.3 is 0 Å². The molecule has 1 aromatic heterocycles. The van der Waals surface area contributed by atoms with E-state index in [0.29, 0.717) is 0 Å². The molecule has 0 spiro atoms. The Labute approximate surface area is 105 Å². The minimum absolute atomic E-state index is 0.912. The number of hydrogen-bond donors (Lipinski definition) is 1. The molecule has 1 rings (SSSR count). The highest BCUT2D eigenvalue weighted by molar-refractivity contribution is 5.08. The lowest BCUT2D eigenvalue weighted by Crippen LogP contribution is -2.27. The predicted octanol–water partition coefficient (Wildman–Crippen LogP) is 1.55. The summed E-state index contributed by atoms with van der Waals surface area (Å²) in [6.45, 7) is 11.9. The van der Waals surface area contributed by atoms with Gasteiger partial charge in [0.25, 0.3) is 0 Å². The van der Waals surface area contributed by atoms with Crippen LogP contribution in [0.3, 0.4) is 0 Å². The van der Waals surface area contributed by atoms with Crippen LogP contribution in [0.25, 0.3) is 0 Å². The predicted molar refractivity (Wildman–Crippen MR) is 72.1 cm³/mol. The van der Waals surface area contributed by atoms with E-state index in [-0.39, 0.29) is 0 Å². The molecule has 0 radical (unpaired) electrons. The standard InChI is InChI=1S/C13H26N4/c1-5-17(6-2)9-7-8-14-11-13-10-12(3)15-16(13)4/h10,14H,5-9,11H2,1-4H3. The Kier molecular flexibility index (Phi) is 6.22. The molecule has 0 amide bonds. The zero-order valence-corrected chi connectivity index (χ0v) is 11.7. The van der Waals surface area contributed by atoms with Crippen LogP contribution in [0, 0.1) is 6.92 Å². The Morgan fingerprint density at radius 1 is 1.35 bits per heavy atom. The minimum atomic E-state index is 0.912. The molecule has 1 aromatic rings. The zero-order valence-electron chi connectivity index (χ0n) is 11.7. The normalized spacial score (nSPS) is 11.4. The van der Waals surface area contributed by atoms with Crippen molar-refractivity contribution in [2.24, 2.45) is 7.05 Å². The first-order valence-electron chi connectivity index (χ1n) is 6.60. The van der Waals surface area contributed by atoms with Gasteiger partial charge in [0.2, 0.25) is 0 Å². The first-order chi connectivity index (χ1) is 8.17. The molecule has 0 saturated carbocycles. The van der Waals surface area contributed by atoms with Crippen LogP contribution in [-0.2, 0) is 13.6 Å². The average Bonchev–Trinajstić information content (AvgIpc) is 2.62. The first kappa shape index (κ1) is 14.2. The van der Waals surface area contributed by atoms with Crippen molar-refractivity contribution in [1.29, 1.82) is 0 Å². The molecule has 1 N–H and O–H groups in total. The molecule has 98 valence electrons. The van der Waals surface area contributed by atoms with Crippen LogP contribution in [0.4, 0.5) is 0 Å². The van der Waals surface area contributed by atoms with Crippen molar-refractivity contribution >= 4 is 0 Å². The third kappa shape index (κ3) is 4.88. The summed E-state index contributed by atoms with van der Waals surface area (Å²) < 4.78 is 1.95. The van der Waals surface area contributed by atoms with Crippen LogP contribution in [0.1, 0.15) is 31.7 Å². The summed E-state index contributed by atoms with van der Waals surface area (Å²) in [5.74, 6) is 0. The van der Waals surface area contributed by atoms with Gasteiger partial charge in [0, 0.05) is 13.6 Å². The number of rotatable bonds is 8. The molecule has 0 aliphatic carbocycles. The lowest BCUT2D eigenvalue weighted by Gasteiger charge is -2.17. The topological polar surface area (TPSA) is 33.1 Å². The van der Waals surface area contributed by atoms with Crippen molar-refractivity contribution in [3.05, 3.63) is 17.5 Å². The summed E-state index contributed by atoms with van der Waals surface area (Å²) in [7, 11) is 2.00. The van der Waals surface area contributed by atoms with Crippen LogP contribution in [0.5, 0.6) is 0 Å². The van der Waals surface area contributed by atoms with Gasteiger partial charge in [-0.1, -0.05) is 13.8 Å². The van der Waals surface area contributed by atoms with Gasteiger partial charge in [-0.15, -0.1) is 0 Å². The smallest absolute Gasteiger partial charge is 0.0597 e. The molecule has 0 atom stereocenters. The van der Waals surface area contributed by atoms with E-state index >= 15 is 0 Å². The van der Waals surface area contributed by atoms with Crippen molar-refractivity contribution < 1.29 is 0 Å². The second kappa shape index (κ2) is 7.45. The van der Waals surface area contributed by atoms with Gasteiger partial charge in [-0.05, 0) is 45.6 Å². The molecule has 1 heterocycles. The van der Waals surface area contributed by atoms with E-state index in [1.807, 2.05) is 18.7 Å². The SMILES string of the molecule is CCN(CC)CCCNCc1cc(C)nn1C. The van der Waals surface area contributed by atoms with Crippen molar-refractivity contribution in [3.63, 3.8) is 0 Å². The van der Waals surface area contributed by atoms with E-state index in [1.54, 1.807) is 0 Å². The Hall–Kier alpha value is -0.870. The maximum Gasteiger partial charge on any atom is 0.0597 e. The third-order valence-electron chi connectivity index (χ3n) is 3.13. The van der Waals surface area contributed by atoms with Crippen LogP contribution in [0.2, 0.25) is 0 Å². The molecule has 0 aliphatic rings. The second-order valence-electron chi connectivity index (χ2n) is 4.46. The summed E-state index contributed by atoms with van der Waals surface area (Å²) in [5.41, 5.74) is 2.35. The van der Waals surface area contributed by atoms with E-state index < -0.39 is 0 Å². The van der Waals surface area contributed by atoms with Gasteiger partial charge in [-0.3, -0.25) is 4.68 Å². The maximum atomic E-state index is 4.33. The van der Waals surface area contributed by atoms with Gasteiger partial charge in [-0.2, -0.15) is 5.10 Å². The molecule has 4 heteroatoms. The molecule has 17 heavy (non-hydrogen) atoms. The molecular formula is C13H26N4. The first-order valence-corrected chi connectivity index (χ1v) is 6.60. The number of nitrogens with one attached hydrogen (secondary N) is 1. The molecule has 0 bridgehead atoms. The highest BCUT2D eigenvalue weighted by Gasteiger charge is 2.01. The largest absolute Gasteiger partial charge is 0.311 e. The summed E-state index contributed by atoms with van der Waals surface area (Å²) in [6.07, 6.45) is 1.21. The molecule has 0 aliphatic heterocycles. The fraction of sp³-hybridized carbons (Fsp3) is 0.769. The van der Waals surface area contributed by atoms with Gasteiger partial charge < -0.3 is 10.2 Å². The van der Waals surface area contributed by atoms with Crippen molar-refractivity contribution in [2.45, 2.75) is 33.7 Å². The molecule has 0 aromatic carbocycles. The van der Waals surface area contributed by atoms with Crippen molar-refractivity contribution in [2.75, 3.05) is 26.2 Å². The fourth-order valence-corrected chi connectivity index (χ4v) is 2.01. The van der Waals surface area contributed by atoms with Gasteiger partial charge in [0.15, 0.2) is 0 Å². The fourth-order valence-electron chi connectivity index (χ4n) is 2.01. The van der Waals surface area contributed by atoms with E-state index in [1.165, 1.54) is 18.7 Å². The number of aromatic nitrogens is 2. The van der Waals surface area contributed by atoms with Crippen LogP contribution >= 0.6 is 0 Å². The monoisotopic (exact) mass is 238 g/mol. The minimum Gasteiger partial charge on any atom is -0.311 e. The quantitative estimate of drug-likeness (QED) is 0.698. The average molecular weight is 238 g/mol. The van der Waals surface area contributed by atoms with Gasteiger partial charge in [0.05, 0.1) is 11.4 Å². The molecule has 0 fully saturated rings. The van der Waals surface area contributed by atoms with Gasteiger partial charge in [0.1, 0.15) is 0 Å². The van der Waals surface area contributed by atoms with Gasteiger partial charge in [-0.25, -0.2) is 0 Å². The number of hydrogen-bond acceptors (Lipinski definition) is 3. The van der Waals surface area contributed by atoms with E-state index in [4.69, 9.17) is 0 Å². The van der Waals surface area contributed by atoms with Crippen LogP contribution in [-0.4, -0.2) is 40.9 Å². The summed E-state index contributed by atoms with van der Waals surface area (Å²) in [5, 5.41) is 7.81. The number of nitrogens with zero attached hydrogens (tertiary/aromatic N) is 3. The third-order valence-corrected chi connectivity index (χ3v) is 3.13. The lowest BCUT2D eigenvalue weighted by atomic mass is 10.3. The summed E-state index contributed by atoms with van der Waals surface area (Å²) in [4.78, 5) is 2.45. The molecule has 0 unspecified atom stereocenters. The molecule has 4 nitrogen and oxygen atoms in total. The summed E-state index contributed by atoms with van der Waals surface area (Å²) in [6, 6.07) is 2.14. The second-order valence-corrected chi connectivity index (χ2v) is 4.46. The Morgan fingerprint density at radius 2 is 2.06 bits per heavy atom. The Balaban J connectivity index is 2.14. The highest BCUT2D eigenvalue weighted by Crippen LogP contribution is 2.00. The maximum absolute atomic E-state index is 4.33. The van der Waals surface area contributed by atoms with Crippen molar-refractivity contribution in [1.82, 2.24) is 20.0 Å². The van der Waals surface area contributed by atoms with Crippen molar-refractivity contribution in [3.8, 4) is 0 Å². The van der Waals surface area contributed by atoms with E-state index in [9.17, 15) is 0 Å². The highest BCUT2D eigenvalue weighted by atomic mass is 15.3. The molecular weight excluding hydrogens is 212 g/mol. The lowest BCUT2D eigenvalue weighted by molar-refractivity contribution is 0.297. The van der Waals surface area contributed by atoms with Crippen LogP contribution < -0.4 is 5.32 Å². The Morgan fingerprint density at radius 3 is 2.59 bits per heavy atom. The zero-order chi connectivity index (χ0) is 12.7. The number of aryl methyl sites for hydroxylation is 2. The summed E-state index contributed by atoms with van der Waals surface area (Å²) >= 11 is 0. The van der Waals surface area contributed by atoms with E-state index in [2.05, 4.69) is 35.2 Å². The Bertz CT molecular complexity index is 315. The van der Waals surface area contributed by atoms with E-state index in [0.717, 1.165) is 31.9 Å². The van der Waals surface area contributed by atoms with Crippen LogP contribution in [0.15, 0.2) is 6.07 Å².